The maximum atomic E-state index is 12.9. The molecule has 0 radical (unpaired) electrons. The van der Waals surface area contributed by atoms with Gasteiger partial charge in [0.1, 0.15) is 6.04 Å². The van der Waals surface area contributed by atoms with Crippen LogP contribution in [0, 0.1) is 11.3 Å². The fourth-order valence-corrected chi connectivity index (χ4v) is 5.90. The van der Waals surface area contributed by atoms with Gasteiger partial charge in [-0.05, 0) is 18.2 Å². The largest absolute Gasteiger partial charge is 0.378 e. The number of thioether (sulfide) groups is 1. The lowest BCUT2D eigenvalue weighted by Crippen LogP contribution is -2.51. The zero-order valence-electron chi connectivity index (χ0n) is 12.9. The molecule has 3 rings (SSSR count). The van der Waals surface area contributed by atoms with Crippen LogP contribution in [-0.4, -0.2) is 67.5 Å². The van der Waals surface area contributed by atoms with E-state index in [0.717, 1.165) is 0 Å². The second-order valence-electron chi connectivity index (χ2n) is 5.49. The number of morpholine rings is 1. The molecule has 0 spiro atoms. The number of hydrogen-bond donors (Lipinski definition) is 0. The Bertz CT molecular complexity index is 769. The van der Waals surface area contributed by atoms with Gasteiger partial charge in [-0.1, -0.05) is 6.07 Å². The van der Waals surface area contributed by atoms with Crippen LogP contribution in [-0.2, 0) is 19.6 Å². The van der Waals surface area contributed by atoms with Gasteiger partial charge in [0.25, 0.3) is 0 Å². The quantitative estimate of drug-likeness (QED) is 0.772. The monoisotopic (exact) mass is 367 g/mol. The highest BCUT2D eigenvalue weighted by atomic mass is 32.2. The van der Waals surface area contributed by atoms with Crippen molar-refractivity contribution in [1.29, 1.82) is 5.26 Å². The van der Waals surface area contributed by atoms with Crippen molar-refractivity contribution in [3.8, 4) is 6.07 Å². The fraction of sp³-hybridized carbons (Fsp3) is 0.467. The number of benzene rings is 1. The molecule has 1 aromatic rings. The molecule has 0 bridgehead atoms. The predicted octanol–water partition coefficient (Wildman–Crippen LogP) is 0.481. The van der Waals surface area contributed by atoms with E-state index in [-0.39, 0.29) is 22.2 Å². The van der Waals surface area contributed by atoms with Crippen LogP contribution in [0.25, 0.3) is 0 Å². The molecule has 2 aliphatic rings. The van der Waals surface area contributed by atoms with Gasteiger partial charge >= 0.3 is 0 Å². The van der Waals surface area contributed by atoms with E-state index in [1.165, 1.54) is 34.3 Å². The third-order valence-electron chi connectivity index (χ3n) is 4.02. The van der Waals surface area contributed by atoms with Crippen molar-refractivity contribution in [2.45, 2.75) is 10.9 Å². The molecular weight excluding hydrogens is 350 g/mol. The molecule has 0 aromatic heterocycles. The molecule has 0 saturated carbocycles. The number of carbonyl (C=O) groups excluding carboxylic acids is 1. The molecule has 0 unspecified atom stereocenters. The molecule has 1 atom stereocenters. The zero-order chi connectivity index (χ0) is 17.2. The first-order valence-electron chi connectivity index (χ1n) is 7.50. The van der Waals surface area contributed by atoms with Gasteiger partial charge in [0, 0.05) is 18.8 Å². The van der Waals surface area contributed by atoms with Crippen molar-refractivity contribution in [3.05, 3.63) is 29.8 Å². The van der Waals surface area contributed by atoms with Gasteiger partial charge in [-0.3, -0.25) is 4.79 Å². The van der Waals surface area contributed by atoms with Crippen LogP contribution in [0.15, 0.2) is 29.2 Å². The Morgan fingerprint density at radius 1 is 1.33 bits per heavy atom. The van der Waals surface area contributed by atoms with Crippen molar-refractivity contribution >= 4 is 27.7 Å². The lowest BCUT2D eigenvalue weighted by Gasteiger charge is -2.31. The Hall–Kier alpha value is -1.60. The Balaban J connectivity index is 1.86. The number of carbonyl (C=O) groups is 1. The molecule has 0 aliphatic carbocycles. The molecule has 9 heteroatoms. The number of nitriles is 1. The SMILES string of the molecule is N#Cc1cccc(S(=O)(=O)N2CSC[C@@H]2C(=O)N2CCOCC2)c1. The van der Waals surface area contributed by atoms with Crippen LogP contribution in [0.3, 0.4) is 0 Å². The van der Waals surface area contributed by atoms with Gasteiger partial charge in [-0.2, -0.15) is 9.57 Å². The third-order valence-corrected chi connectivity index (χ3v) is 7.05. The Kier molecular flexibility index (Phi) is 5.10. The number of amides is 1. The minimum Gasteiger partial charge on any atom is -0.378 e. The van der Waals surface area contributed by atoms with Gasteiger partial charge in [0.15, 0.2) is 0 Å². The van der Waals surface area contributed by atoms with E-state index in [1.807, 2.05) is 6.07 Å². The van der Waals surface area contributed by atoms with E-state index in [9.17, 15) is 13.2 Å². The van der Waals surface area contributed by atoms with Crippen LogP contribution < -0.4 is 0 Å². The topological polar surface area (TPSA) is 90.7 Å². The summed E-state index contributed by atoms with van der Waals surface area (Å²) in [6, 6.07) is 7.11. The van der Waals surface area contributed by atoms with E-state index in [1.54, 1.807) is 11.0 Å². The number of nitrogens with zero attached hydrogens (tertiary/aromatic N) is 3. The van der Waals surface area contributed by atoms with Crippen LogP contribution in [0.1, 0.15) is 5.56 Å². The van der Waals surface area contributed by atoms with Crippen molar-refractivity contribution in [2.75, 3.05) is 37.9 Å². The standard InChI is InChI=1S/C15H17N3O4S2/c16-9-12-2-1-3-13(8-12)24(20,21)18-11-23-10-14(18)15(19)17-4-6-22-7-5-17/h1-3,8,14H,4-7,10-11H2/t14-/m1/s1. The summed E-state index contributed by atoms with van der Waals surface area (Å²) >= 11 is 1.42. The third kappa shape index (κ3) is 3.28. The van der Waals surface area contributed by atoms with Crippen molar-refractivity contribution in [2.24, 2.45) is 0 Å². The first-order chi connectivity index (χ1) is 11.5. The van der Waals surface area contributed by atoms with Gasteiger partial charge in [-0.25, -0.2) is 8.42 Å². The summed E-state index contributed by atoms with van der Waals surface area (Å²) in [5, 5.41) is 8.97. The van der Waals surface area contributed by atoms with Crippen LogP contribution in [0.5, 0.6) is 0 Å². The zero-order valence-corrected chi connectivity index (χ0v) is 14.6. The molecule has 1 aromatic carbocycles. The summed E-state index contributed by atoms with van der Waals surface area (Å²) in [6.07, 6.45) is 0. The van der Waals surface area contributed by atoms with Crippen molar-refractivity contribution in [1.82, 2.24) is 9.21 Å². The molecule has 24 heavy (non-hydrogen) atoms. The summed E-state index contributed by atoms with van der Waals surface area (Å²) < 4.78 is 32.3. The predicted molar refractivity (Wildman–Crippen MR) is 88.7 cm³/mol. The van der Waals surface area contributed by atoms with E-state index >= 15 is 0 Å². The van der Waals surface area contributed by atoms with Crippen LogP contribution >= 0.6 is 11.8 Å². The molecule has 2 aliphatic heterocycles. The highest BCUT2D eigenvalue weighted by Gasteiger charge is 2.41. The van der Waals surface area contributed by atoms with Gasteiger partial charge in [0.05, 0.1) is 35.6 Å². The average Bonchev–Trinajstić information content (AvgIpc) is 3.12. The minimum atomic E-state index is -3.82. The Labute approximate surface area is 145 Å². The summed E-state index contributed by atoms with van der Waals surface area (Å²) in [6.45, 7) is 1.92. The maximum Gasteiger partial charge on any atom is 0.244 e. The second-order valence-corrected chi connectivity index (χ2v) is 8.38. The van der Waals surface area contributed by atoms with E-state index in [4.69, 9.17) is 10.00 Å². The normalized spacial score (nSPS) is 22.3. The summed E-state index contributed by atoms with van der Waals surface area (Å²) in [4.78, 5) is 14.4. The van der Waals surface area contributed by atoms with Gasteiger partial charge in [0.2, 0.25) is 15.9 Å². The molecule has 2 saturated heterocycles. The maximum absolute atomic E-state index is 12.9. The summed E-state index contributed by atoms with van der Waals surface area (Å²) in [5.74, 6) is 0.496. The summed E-state index contributed by atoms with van der Waals surface area (Å²) in [7, 11) is -3.82. The Morgan fingerprint density at radius 3 is 2.79 bits per heavy atom. The molecule has 2 fully saturated rings. The van der Waals surface area contributed by atoms with E-state index in [2.05, 4.69) is 0 Å². The number of rotatable bonds is 3. The van der Waals surface area contributed by atoms with Gasteiger partial charge < -0.3 is 9.64 Å². The van der Waals surface area contributed by atoms with Crippen molar-refractivity contribution in [3.63, 3.8) is 0 Å². The second kappa shape index (κ2) is 7.11. The Morgan fingerprint density at radius 2 is 2.08 bits per heavy atom. The van der Waals surface area contributed by atoms with E-state index < -0.39 is 16.1 Å². The molecule has 128 valence electrons. The number of hydrogen-bond acceptors (Lipinski definition) is 6. The van der Waals surface area contributed by atoms with Crippen LogP contribution in [0.2, 0.25) is 0 Å². The summed E-state index contributed by atoms with van der Waals surface area (Å²) in [5.41, 5.74) is 0.277. The number of ether oxygens (including phenoxy) is 1. The average molecular weight is 367 g/mol. The highest BCUT2D eigenvalue weighted by Crippen LogP contribution is 2.29. The molecule has 1 amide bonds. The number of sulfonamides is 1. The first kappa shape index (κ1) is 17.2. The van der Waals surface area contributed by atoms with Gasteiger partial charge in [-0.15, -0.1) is 11.8 Å². The smallest absolute Gasteiger partial charge is 0.244 e. The molecule has 7 nitrogen and oxygen atoms in total. The lowest BCUT2D eigenvalue weighted by molar-refractivity contribution is -0.138. The molecule has 2 heterocycles. The lowest BCUT2D eigenvalue weighted by atomic mass is 10.2. The fourth-order valence-electron chi connectivity index (χ4n) is 2.71. The minimum absolute atomic E-state index is 0.0452. The molecule has 0 N–H and O–H groups in total. The van der Waals surface area contributed by atoms with E-state index in [0.29, 0.717) is 32.1 Å². The first-order valence-corrected chi connectivity index (χ1v) is 10.1. The highest BCUT2D eigenvalue weighted by molar-refractivity contribution is 8.00. The van der Waals surface area contributed by atoms with Crippen LogP contribution in [0.4, 0.5) is 0 Å². The van der Waals surface area contributed by atoms with Crippen molar-refractivity contribution < 1.29 is 17.9 Å². The molecular formula is C15H17N3O4S2.